The lowest BCUT2D eigenvalue weighted by Gasteiger charge is -2.19. The van der Waals surface area contributed by atoms with E-state index in [0.29, 0.717) is 0 Å². The Kier molecular flexibility index (Phi) is 4.98. The molecule has 3 rings (SSSR count). The Balaban J connectivity index is 1.59. The molecular formula is C18H22N2O3. The van der Waals surface area contributed by atoms with Crippen molar-refractivity contribution in [3.63, 3.8) is 0 Å². The van der Waals surface area contributed by atoms with Gasteiger partial charge in [-0.25, -0.2) is 0 Å². The number of nitrogens with zero attached hydrogens (tertiary/aromatic N) is 2. The van der Waals surface area contributed by atoms with Crippen LogP contribution in [-0.2, 0) is 4.79 Å². The lowest BCUT2D eigenvalue weighted by Crippen LogP contribution is -2.34. The third-order valence-electron chi connectivity index (χ3n) is 4.10. The number of rotatable bonds is 4. The maximum absolute atomic E-state index is 12.4. The second-order valence-corrected chi connectivity index (χ2v) is 5.71. The summed E-state index contributed by atoms with van der Waals surface area (Å²) in [6.07, 6.45) is 6.38. The molecule has 0 saturated carbocycles. The smallest absolute Gasteiger partial charge is 0.246 e. The second kappa shape index (κ2) is 7.33. The van der Waals surface area contributed by atoms with Crippen molar-refractivity contribution in [2.45, 2.75) is 6.42 Å². The first-order valence-electron chi connectivity index (χ1n) is 7.96. The monoisotopic (exact) mass is 314 g/mol. The summed E-state index contributed by atoms with van der Waals surface area (Å²) in [5.74, 6) is 1.54. The van der Waals surface area contributed by atoms with E-state index in [0.717, 1.165) is 56.2 Å². The fourth-order valence-corrected chi connectivity index (χ4v) is 2.85. The van der Waals surface area contributed by atoms with E-state index in [4.69, 9.17) is 9.47 Å². The topological polar surface area (TPSA) is 42.0 Å². The highest BCUT2D eigenvalue weighted by atomic mass is 16.7. The van der Waals surface area contributed by atoms with Crippen LogP contribution in [0.2, 0.25) is 0 Å². The van der Waals surface area contributed by atoms with Crippen LogP contribution in [0, 0.1) is 0 Å². The van der Waals surface area contributed by atoms with Crippen LogP contribution in [-0.4, -0.2) is 55.2 Å². The minimum absolute atomic E-state index is 0.0584. The van der Waals surface area contributed by atoms with Crippen LogP contribution in [0.3, 0.4) is 0 Å². The molecule has 1 amide bonds. The lowest BCUT2D eigenvalue weighted by molar-refractivity contribution is -0.125. The molecule has 2 aliphatic rings. The van der Waals surface area contributed by atoms with Crippen LogP contribution in [0.5, 0.6) is 11.5 Å². The number of hydrogen-bond acceptors (Lipinski definition) is 4. The van der Waals surface area contributed by atoms with E-state index in [2.05, 4.69) is 11.5 Å². The van der Waals surface area contributed by atoms with E-state index < -0.39 is 0 Å². The number of amides is 1. The fraction of sp³-hybridized carbons (Fsp3) is 0.389. The van der Waals surface area contributed by atoms with Gasteiger partial charge in [0.15, 0.2) is 11.5 Å². The van der Waals surface area contributed by atoms with Gasteiger partial charge < -0.3 is 14.4 Å². The van der Waals surface area contributed by atoms with Crippen molar-refractivity contribution in [3.05, 3.63) is 42.5 Å². The molecule has 0 aliphatic carbocycles. The summed E-state index contributed by atoms with van der Waals surface area (Å²) in [7, 11) is 0. The quantitative estimate of drug-likeness (QED) is 0.631. The zero-order chi connectivity index (χ0) is 16.1. The van der Waals surface area contributed by atoms with E-state index >= 15 is 0 Å². The third-order valence-corrected chi connectivity index (χ3v) is 4.10. The van der Waals surface area contributed by atoms with Crippen LogP contribution in [0.15, 0.2) is 36.9 Å². The average Bonchev–Trinajstić information content (AvgIpc) is 2.90. The predicted molar refractivity (Wildman–Crippen MR) is 89.4 cm³/mol. The average molecular weight is 314 g/mol. The van der Waals surface area contributed by atoms with Gasteiger partial charge in [-0.3, -0.25) is 9.69 Å². The third kappa shape index (κ3) is 3.93. The largest absolute Gasteiger partial charge is 0.454 e. The van der Waals surface area contributed by atoms with E-state index in [-0.39, 0.29) is 12.7 Å². The molecule has 0 spiro atoms. The maximum Gasteiger partial charge on any atom is 0.246 e. The van der Waals surface area contributed by atoms with Crippen LogP contribution >= 0.6 is 0 Å². The standard InChI is InChI=1S/C18H22N2O3/c1-2-8-19-9-3-10-20(12-11-19)18(21)7-5-15-4-6-16-17(13-15)23-14-22-16/h2,4-7,13H,1,3,8-12,14H2/b7-5+. The van der Waals surface area contributed by atoms with E-state index in [1.165, 1.54) is 0 Å². The molecule has 122 valence electrons. The van der Waals surface area contributed by atoms with Gasteiger partial charge in [0.1, 0.15) is 0 Å². The molecule has 23 heavy (non-hydrogen) atoms. The zero-order valence-electron chi connectivity index (χ0n) is 13.2. The van der Waals surface area contributed by atoms with Crippen LogP contribution in [0.25, 0.3) is 6.08 Å². The van der Waals surface area contributed by atoms with Gasteiger partial charge in [-0.05, 0) is 30.2 Å². The van der Waals surface area contributed by atoms with E-state index in [1.54, 1.807) is 6.08 Å². The normalized spacial score (nSPS) is 18.2. The molecule has 0 bridgehead atoms. The summed E-state index contributed by atoms with van der Waals surface area (Å²) in [4.78, 5) is 16.6. The van der Waals surface area contributed by atoms with Gasteiger partial charge in [0.2, 0.25) is 12.7 Å². The van der Waals surface area contributed by atoms with Gasteiger partial charge in [0.25, 0.3) is 0 Å². The molecule has 2 heterocycles. The number of carbonyl (C=O) groups is 1. The molecule has 5 heteroatoms. The summed E-state index contributed by atoms with van der Waals surface area (Å²) in [6, 6.07) is 5.68. The van der Waals surface area contributed by atoms with Gasteiger partial charge in [0, 0.05) is 38.8 Å². The molecule has 5 nitrogen and oxygen atoms in total. The molecule has 1 aromatic rings. The molecule has 1 saturated heterocycles. The summed E-state index contributed by atoms with van der Waals surface area (Å²) >= 11 is 0. The molecule has 0 unspecified atom stereocenters. The van der Waals surface area contributed by atoms with Crippen molar-refractivity contribution in [3.8, 4) is 11.5 Å². The molecule has 0 aromatic heterocycles. The van der Waals surface area contributed by atoms with Crippen LogP contribution in [0.4, 0.5) is 0 Å². The zero-order valence-corrected chi connectivity index (χ0v) is 13.2. The van der Waals surface area contributed by atoms with Crippen LogP contribution < -0.4 is 9.47 Å². The number of fused-ring (bicyclic) bond motifs is 1. The van der Waals surface area contributed by atoms with Crippen molar-refractivity contribution in [2.24, 2.45) is 0 Å². The van der Waals surface area contributed by atoms with Gasteiger partial charge >= 0.3 is 0 Å². The van der Waals surface area contributed by atoms with E-state index in [1.807, 2.05) is 35.3 Å². The fourth-order valence-electron chi connectivity index (χ4n) is 2.85. The molecule has 0 atom stereocenters. The highest BCUT2D eigenvalue weighted by Gasteiger charge is 2.17. The molecule has 1 fully saturated rings. The Labute approximate surface area is 136 Å². The SMILES string of the molecule is C=CCN1CCCN(C(=O)/C=C/c2ccc3c(c2)OCO3)CC1. The van der Waals surface area contributed by atoms with Crippen LogP contribution in [0.1, 0.15) is 12.0 Å². The van der Waals surface area contributed by atoms with Gasteiger partial charge in [-0.2, -0.15) is 0 Å². The van der Waals surface area contributed by atoms with Crippen molar-refractivity contribution >= 4 is 12.0 Å². The Morgan fingerprint density at radius 1 is 1.17 bits per heavy atom. The van der Waals surface area contributed by atoms with Crippen molar-refractivity contribution in [1.82, 2.24) is 9.80 Å². The summed E-state index contributed by atoms with van der Waals surface area (Å²) in [6.45, 7) is 8.40. The van der Waals surface area contributed by atoms with Gasteiger partial charge in [-0.1, -0.05) is 12.1 Å². The number of benzene rings is 1. The molecule has 1 aromatic carbocycles. The first kappa shape index (κ1) is 15.6. The summed E-state index contributed by atoms with van der Waals surface area (Å²) in [5.41, 5.74) is 0.936. The second-order valence-electron chi connectivity index (χ2n) is 5.71. The van der Waals surface area contributed by atoms with Crippen molar-refractivity contribution in [1.29, 1.82) is 0 Å². The number of carbonyl (C=O) groups excluding carboxylic acids is 1. The van der Waals surface area contributed by atoms with Crippen molar-refractivity contribution in [2.75, 3.05) is 39.5 Å². The van der Waals surface area contributed by atoms with Gasteiger partial charge in [0.05, 0.1) is 0 Å². The van der Waals surface area contributed by atoms with E-state index in [9.17, 15) is 4.79 Å². The predicted octanol–water partition coefficient (Wildman–Crippen LogP) is 2.15. The lowest BCUT2D eigenvalue weighted by atomic mass is 10.2. The van der Waals surface area contributed by atoms with Crippen molar-refractivity contribution < 1.29 is 14.3 Å². The molecule has 0 radical (unpaired) electrons. The number of hydrogen-bond donors (Lipinski definition) is 0. The first-order valence-corrected chi connectivity index (χ1v) is 7.96. The first-order chi connectivity index (χ1) is 11.3. The maximum atomic E-state index is 12.4. The highest BCUT2D eigenvalue weighted by Crippen LogP contribution is 2.32. The minimum atomic E-state index is 0.0584. The molecule has 0 N–H and O–H groups in total. The minimum Gasteiger partial charge on any atom is -0.454 e. The Hall–Kier alpha value is -2.27. The molecule has 2 aliphatic heterocycles. The van der Waals surface area contributed by atoms with Gasteiger partial charge in [-0.15, -0.1) is 6.58 Å². The molecular weight excluding hydrogens is 292 g/mol. The summed E-state index contributed by atoms with van der Waals surface area (Å²) in [5, 5.41) is 0. The number of ether oxygens (including phenoxy) is 2. The Morgan fingerprint density at radius 2 is 2.04 bits per heavy atom. The Bertz CT molecular complexity index is 612. The summed E-state index contributed by atoms with van der Waals surface area (Å²) < 4.78 is 10.6. The Morgan fingerprint density at radius 3 is 2.91 bits per heavy atom. The highest BCUT2D eigenvalue weighted by molar-refractivity contribution is 5.91.